The van der Waals surface area contributed by atoms with Crippen LogP contribution in [0.5, 0.6) is 0 Å². The van der Waals surface area contributed by atoms with Gasteiger partial charge < -0.3 is 0 Å². The fourth-order valence-electron chi connectivity index (χ4n) is 0.959. The molecule has 0 fully saturated rings. The van der Waals surface area contributed by atoms with Gasteiger partial charge in [0.1, 0.15) is 0 Å². The van der Waals surface area contributed by atoms with Gasteiger partial charge in [0.2, 0.25) is 0 Å². The summed E-state index contributed by atoms with van der Waals surface area (Å²) in [5.74, 6) is 0.0208. The summed E-state index contributed by atoms with van der Waals surface area (Å²) in [6.45, 7) is 5.70. The molecule has 0 aromatic carbocycles. The lowest BCUT2D eigenvalue weighted by Crippen LogP contribution is -1.96. The Kier molecular flexibility index (Phi) is 2.96. The van der Waals surface area contributed by atoms with Gasteiger partial charge in [-0.3, -0.25) is 9.78 Å². The Morgan fingerprint density at radius 1 is 1.38 bits per heavy atom. The maximum atomic E-state index is 11.5. The summed E-state index contributed by atoms with van der Waals surface area (Å²) in [5.41, 5.74) is 2.58. The first kappa shape index (κ1) is 9.65. The molecular formula is C11H13NO. The van der Waals surface area contributed by atoms with E-state index in [1.807, 2.05) is 26.8 Å². The monoisotopic (exact) mass is 175 g/mol. The van der Waals surface area contributed by atoms with Crippen LogP contribution in [-0.4, -0.2) is 10.8 Å². The fraction of sp³-hybridized carbons (Fsp3) is 0.273. The summed E-state index contributed by atoms with van der Waals surface area (Å²) < 4.78 is 0. The van der Waals surface area contributed by atoms with Crippen molar-refractivity contribution in [3.8, 4) is 0 Å². The lowest BCUT2D eigenvalue weighted by atomic mass is 10.1. The second kappa shape index (κ2) is 3.99. The quantitative estimate of drug-likeness (QED) is 0.510. The smallest absolute Gasteiger partial charge is 0.187 e. The largest absolute Gasteiger partial charge is 0.289 e. The average Bonchev–Trinajstić information content (AvgIpc) is 2.04. The van der Waals surface area contributed by atoms with Crippen molar-refractivity contribution in [2.75, 3.05) is 0 Å². The number of nitrogens with zero attached hydrogens (tertiary/aromatic N) is 1. The highest BCUT2D eigenvalue weighted by Crippen LogP contribution is 2.03. The van der Waals surface area contributed by atoms with E-state index in [1.54, 1.807) is 18.3 Å². The van der Waals surface area contributed by atoms with E-state index >= 15 is 0 Å². The van der Waals surface area contributed by atoms with Crippen molar-refractivity contribution in [1.29, 1.82) is 0 Å². The Morgan fingerprint density at radius 3 is 2.54 bits per heavy atom. The SMILES string of the molecule is CC(C)=CC(=O)c1ccc(C)nc1. The lowest BCUT2D eigenvalue weighted by molar-refractivity contribution is 0.104. The van der Waals surface area contributed by atoms with Crippen LogP contribution < -0.4 is 0 Å². The number of aryl methyl sites for hydroxylation is 1. The zero-order chi connectivity index (χ0) is 9.84. The lowest BCUT2D eigenvalue weighted by Gasteiger charge is -1.96. The number of hydrogen-bond donors (Lipinski definition) is 0. The average molecular weight is 175 g/mol. The van der Waals surface area contributed by atoms with E-state index in [0.717, 1.165) is 11.3 Å². The molecule has 13 heavy (non-hydrogen) atoms. The molecule has 0 radical (unpaired) electrons. The Hall–Kier alpha value is -1.44. The molecule has 2 nitrogen and oxygen atoms in total. The van der Waals surface area contributed by atoms with E-state index in [9.17, 15) is 4.79 Å². The predicted molar refractivity (Wildman–Crippen MR) is 52.7 cm³/mol. The Balaban J connectivity index is 2.90. The molecule has 0 N–H and O–H groups in total. The number of carbonyl (C=O) groups excluding carboxylic acids is 1. The van der Waals surface area contributed by atoms with E-state index in [2.05, 4.69) is 4.98 Å². The van der Waals surface area contributed by atoms with Crippen LogP contribution in [0.1, 0.15) is 29.9 Å². The van der Waals surface area contributed by atoms with Crippen LogP contribution in [0.2, 0.25) is 0 Å². The molecular weight excluding hydrogens is 162 g/mol. The van der Waals surface area contributed by atoms with E-state index < -0.39 is 0 Å². The van der Waals surface area contributed by atoms with Gasteiger partial charge in [0.15, 0.2) is 5.78 Å². The van der Waals surface area contributed by atoms with E-state index in [-0.39, 0.29) is 5.78 Å². The highest BCUT2D eigenvalue weighted by molar-refractivity contribution is 6.04. The number of rotatable bonds is 2. The fourth-order valence-corrected chi connectivity index (χ4v) is 0.959. The molecule has 0 bridgehead atoms. The number of ketones is 1. The minimum atomic E-state index is 0.0208. The van der Waals surface area contributed by atoms with Crippen LogP contribution in [0.4, 0.5) is 0 Å². The first-order valence-electron chi connectivity index (χ1n) is 4.21. The van der Waals surface area contributed by atoms with E-state index in [4.69, 9.17) is 0 Å². The molecule has 1 aromatic rings. The summed E-state index contributed by atoms with van der Waals surface area (Å²) in [4.78, 5) is 15.5. The molecule has 0 aliphatic heterocycles. The molecule has 0 spiro atoms. The zero-order valence-electron chi connectivity index (χ0n) is 8.16. The van der Waals surface area contributed by atoms with E-state index in [0.29, 0.717) is 5.56 Å². The third kappa shape index (κ3) is 2.82. The first-order chi connectivity index (χ1) is 6.09. The molecule has 0 saturated heterocycles. The van der Waals surface area contributed by atoms with Crippen LogP contribution in [0.3, 0.4) is 0 Å². The Morgan fingerprint density at radius 2 is 2.08 bits per heavy atom. The zero-order valence-corrected chi connectivity index (χ0v) is 8.16. The Labute approximate surface area is 78.3 Å². The third-order valence-corrected chi connectivity index (χ3v) is 1.62. The number of hydrogen-bond acceptors (Lipinski definition) is 2. The molecule has 0 atom stereocenters. The van der Waals surface area contributed by atoms with Gasteiger partial charge in [0.25, 0.3) is 0 Å². The van der Waals surface area contributed by atoms with Gasteiger partial charge in [-0.2, -0.15) is 0 Å². The summed E-state index contributed by atoms with van der Waals surface area (Å²) in [7, 11) is 0. The normalized spacial score (nSPS) is 9.46. The van der Waals surface area contributed by atoms with Crippen molar-refractivity contribution in [1.82, 2.24) is 4.98 Å². The molecule has 0 saturated carbocycles. The van der Waals surface area contributed by atoms with Gasteiger partial charge in [-0.25, -0.2) is 0 Å². The number of allylic oxidation sites excluding steroid dienone is 2. The Bertz CT molecular complexity index is 332. The standard InChI is InChI=1S/C11H13NO/c1-8(2)6-11(13)10-5-4-9(3)12-7-10/h4-7H,1-3H3. The number of carbonyl (C=O) groups is 1. The number of aromatic nitrogens is 1. The van der Waals surface area contributed by atoms with Crippen LogP contribution >= 0.6 is 0 Å². The van der Waals surface area contributed by atoms with Gasteiger partial charge in [0, 0.05) is 17.5 Å². The van der Waals surface area contributed by atoms with Gasteiger partial charge in [0.05, 0.1) is 0 Å². The number of pyridine rings is 1. The molecule has 1 aromatic heterocycles. The predicted octanol–water partition coefficient (Wildman–Crippen LogP) is 2.54. The second-order valence-electron chi connectivity index (χ2n) is 3.27. The maximum absolute atomic E-state index is 11.5. The first-order valence-corrected chi connectivity index (χ1v) is 4.21. The van der Waals surface area contributed by atoms with Gasteiger partial charge in [-0.1, -0.05) is 5.57 Å². The topological polar surface area (TPSA) is 30.0 Å². The summed E-state index contributed by atoms with van der Waals surface area (Å²) in [5, 5.41) is 0. The molecule has 0 aliphatic carbocycles. The van der Waals surface area contributed by atoms with Crippen molar-refractivity contribution < 1.29 is 4.79 Å². The van der Waals surface area contributed by atoms with E-state index in [1.165, 1.54) is 0 Å². The van der Waals surface area contributed by atoms with Crippen molar-refractivity contribution in [2.45, 2.75) is 20.8 Å². The maximum Gasteiger partial charge on any atom is 0.187 e. The molecule has 68 valence electrons. The molecule has 0 unspecified atom stereocenters. The summed E-state index contributed by atoms with van der Waals surface area (Å²) in [6.07, 6.45) is 3.23. The highest BCUT2D eigenvalue weighted by Gasteiger charge is 2.01. The van der Waals surface area contributed by atoms with Crippen LogP contribution in [0.25, 0.3) is 0 Å². The molecule has 0 amide bonds. The van der Waals surface area contributed by atoms with Crippen molar-refractivity contribution in [3.05, 3.63) is 41.2 Å². The van der Waals surface area contributed by atoms with Gasteiger partial charge >= 0.3 is 0 Å². The minimum Gasteiger partial charge on any atom is -0.289 e. The highest BCUT2D eigenvalue weighted by atomic mass is 16.1. The third-order valence-electron chi connectivity index (χ3n) is 1.62. The minimum absolute atomic E-state index is 0.0208. The van der Waals surface area contributed by atoms with Crippen LogP contribution in [0, 0.1) is 6.92 Å². The van der Waals surface area contributed by atoms with Crippen LogP contribution in [0.15, 0.2) is 30.0 Å². The molecule has 2 heteroatoms. The van der Waals surface area contributed by atoms with Crippen molar-refractivity contribution >= 4 is 5.78 Å². The van der Waals surface area contributed by atoms with Gasteiger partial charge in [-0.15, -0.1) is 0 Å². The summed E-state index contributed by atoms with van der Waals surface area (Å²) in [6, 6.07) is 3.64. The van der Waals surface area contributed by atoms with Crippen molar-refractivity contribution in [3.63, 3.8) is 0 Å². The molecule has 0 aliphatic rings. The van der Waals surface area contributed by atoms with Gasteiger partial charge in [-0.05, 0) is 39.0 Å². The van der Waals surface area contributed by atoms with Crippen molar-refractivity contribution in [2.24, 2.45) is 0 Å². The summed E-state index contributed by atoms with van der Waals surface area (Å²) >= 11 is 0. The van der Waals surface area contributed by atoms with Crippen LogP contribution in [-0.2, 0) is 0 Å². The molecule has 1 rings (SSSR count). The molecule has 1 heterocycles. The second-order valence-corrected chi connectivity index (χ2v) is 3.27.